The number of halogens is 1. The third kappa shape index (κ3) is 6.11. The van der Waals surface area contributed by atoms with Gasteiger partial charge in [0, 0.05) is 17.6 Å². The van der Waals surface area contributed by atoms with Crippen molar-refractivity contribution in [3.05, 3.63) is 34.3 Å². The standard InChI is InChI=1S/C16H21BrN4O4/c1-20(11-15(23)21-6-8-25-9-7-21)10-14(22)18-19-16(24)12-4-2-3-5-13(12)17/h2-5H,6-11H2,1H3,(H,18,22)(H,19,24). The molecule has 0 aliphatic carbocycles. The lowest BCUT2D eigenvalue weighted by Gasteiger charge is -2.28. The zero-order valence-corrected chi connectivity index (χ0v) is 15.5. The van der Waals surface area contributed by atoms with E-state index >= 15 is 0 Å². The number of ether oxygens (including phenoxy) is 1. The molecular formula is C16H21BrN4O4. The monoisotopic (exact) mass is 412 g/mol. The van der Waals surface area contributed by atoms with Crippen LogP contribution in [0.15, 0.2) is 28.7 Å². The van der Waals surface area contributed by atoms with Crippen molar-refractivity contribution in [2.24, 2.45) is 0 Å². The first-order chi connectivity index (χ1) is 12.0. The van der Waals surface area contributed by atoms with E-state index in [-0.39, 0.29) is 19.0 Å². The van der Waals surface area contributed by atoms with E-state index < -0.39 is 11.8 Å². The number of nitrogens with zero attached hydrogens (tertiary/aromatic N) is 2. The highest BCUT2D eigenvalue weighted by molar-refractivity contribution is 9.10. The smallest absolute Gasteiger partial charge is 0.270 e. The predicted octanol–water partition coefficient (Wildman–Crippen LogP) is 0.000700. The van der Waals surface area contributed by atoms with Crippen LogP contribution in [-0.4, -0.2) is 74.0 Å². The van der Waals surface area contributed by atoms with Crippen LogP contribution < -0.4 is 10.9 Å². The number of nitrogens with one attached hydrogen (secondary N) is 2. The summed E-state index contributed by atoms with van der Waals surface area (Å²) in [5.41, 5.74) is 5.12. The summed E-state index contributed by atoms with van der Waals surface area (Å²) in [5.74, 6) is -0.874. The summed E-state index contributed by atoms with van der Waals surface area (Å²) in [6.07, 6.45) is 0. The molecule has 0 radical (unpaired) electrons. The Kier molecular flexibility index (Phi) is 7.35. The summed E-state index contributed by atoms with van der Waals surface area (Å²) in [6, 6.07) is 6.90. The fraction of sp³-hybridized carbons (Fsp3) is 0.438. The van der Waals surface area contributed by atoms with Crippen LogP contribution in [0.1, 0.15) is 10.4 Å². The molecular weight excluding hydrogens is 392 g/mol. The van der Waals surface area contributed by atoms with Gasteiger partial charge in [0.1, 0.15) is 0 Å². The highest BCUT2D eigenvalue weighted by Crippen LogP contribution is 2.15. The van der Waals surface area contributed by atoms with Crippen molar-refractivity contribution < 1.29 is 19.1 Å². The van der Waals surface area contributed by atoms with Gasteiger partial charge in [0.25, 0.3) is 11.8 Å². The summed E-state index contributed by atoms with van der Waals surface area (Å²) in [7, 11) is 1.67. The Bertz CT molecular complexity index is 634. The van der Waals surface area contributed by atoms with Crippen molar-refractivity contribution in [2.45, 2.75) is 0 Å². The first-order valence-electron chi connectivity index (χ1n) is 7.85. The van der Waals surface area contributed by atoms with Crippen molar-refractivity contribution in [3.8, 4) is 0 Å². The van der Waals surface area contributed by atoms with Gasteiger partial charge >= 0.3 is 0 Å². The van der Waals surface area contributed by atoms with Gasteiger partial charge in [0.2, 0.25) is 5.91 Å². The van der Waals surface area contributed by atoms with Crippen molar-refractivity contribution in [3.63, 3.8) is 0 Å². The van der Waals surface area contributed by atoms with Crippen molar-refractivity contribution in [1.82, 2.24) is 20.7 Å². The second-order valence-corrected chi connectivity index (χ2v) is 6.50. The summed E-state index contributed by atoms with van der Waals surface area (Å²) in [6.45, 7) is 2.34. The van der Waals surface area contributed by atoms with Crippen LogP contribution in [0, 0.1) is 0 Å². The maximum absolute atomic E-state index is 12.1. The lowest BCUT2D eigenvalue weighted by atomic mass is 10.2. The third-order valence-electron chi connectivity index (χ3n) is 3.62. The Hall–Kier alpha value is -1.97. The number of morpholine rings is 1. The lowest BCUT2D eigenvalue weighted by molar-refractivity contribution is -0.136. The first kappa shape index (κ1) is 19.4. The minimum absolute atomic E-state index is 0.00762. The SMILES string of the molecule is CN(CC(=O)NNC(=O)c1ccccc1Br)CC(=O)N1CCOCC1. The number of hydrogen-bond acceptors (Lipinski definition) is 5. The summed E-state index contributed by atoms with van der Waals surface area (Å²) >= 11 is 3.28. The molecule has 2 rings (SSSR count). The van der Waals surface area contributed by atoms with Gasteiger partial charge in [-0.15, -0.1) is 0 Å². The molecule has 2 N–H and O–H groups in total. The molecule has 9 heteroatoms. The molecule has 0 spiro atoms. The number of likely N-dealkylation sites (N-methyl/N-ethyl adjacent to an activating group) is 1. The van der Waals surface area contributed by atoms with Crippen LogP contribution in [-0.2, 0) is 14.3 Å². The predicted molar refractivity (Wildman–Crippen MR) is 94.6 cm³/mol. The minimum atomic E-state index is -0.423. The first-order valence-corrected chi connectivity index (χ1v) is 8.64. The Morgan fingerprint density at radius 2 is 1.84 bits per heavy atom. The summed E-state index contributed by atoms with van der Waals surface area (Å²) in [4.78, 5) is 39.3. The molecule has 3 amide bonds. The largest absolute Gasteiger partial charge is 0.378 e. The molecule has 1 aliphatic heterocycles. The molecule has 1 heterocycles. The van der Waals surface area contributed by atoms with Gasteiger partial charge in [-0.05, 0) is 35.1 Å². The molecule has 8 nitrogen and oxygen atoms in total. The Morgan fingerprint density at radius 1 is 1.16 bits per heavy atom. The van der Waals surface area contributed by atoms with E-state index in [4.69, 9.17) is 4.74 Å². The second-order valence-electron chi connectivity index (χ2n) is 5.65. The number of rotatable bonds is 5. The fourth-order valence-corrected chi connectivity index (χ4v) is 2.79. The zero-order chi connectivity index (χ0) is 18.2. The number of benzene rings is 1. The van der Waals surface area contributed by atoms with E-state index in [9.17, 15) is 14.4 Å². The van der Waals surface area contributed by atoms with Gasteiger partial charge in [-0.2, -0.15) is 0 Å². The molecule has 0 atom stereocenters. The molecule has 1 aromatic rings. The summed E-state index contributed by atoms with van der Waals surface area (Å²) < 4.78 is 5.84. The maximum Gasteiger partial charge on any atom is 0.270 e. The Labute approximate surface area is 154 Å². The van der Waals surface area contributed by atoms with E-state index in [1.54, 1.807) is 41.1 Å². The molecule has 1 saturated heterocycles. The van der Waals surface area contributed by atoms with Crippen LogP contribution in [0.3, 0.4) is 0 Å². The van der Waals surface area contributed by atoms with Gasteiger partial charge in [0.05, 0.1) is 31.9 Å². The topological polar surface area (TPSA) is 91.0 Å². The lowest BCUT2D eigenvalue weighted by Crippen LogP contribution is -2.49. The molecule has 1 aromatic carbocycles. The molecule has 0 unspecified atom stereocenters. The van der Waals surface area contributed by atoms with Crippen molar-refractivity contribution in [2.75, 3.05) is 46.4 Å². The zero-order valence-electron chi connectivity index (χ0n) is 14.0. The number of carbonyl (C=O) groups is 3. The van der Waals surface area contributed by atoms with Gasteiger partial charge in [0.15, 0.2) is 0 Å². The number of amides is 3. The second kappa shape index (κ2) is 9.50. The normalized spacial score (nSPS) is 14.3. The van der Waals surface area contributed by atoms with Crippen LogP contribution in [0.4, 0.5) is 0 Å². The molecule has 0 bridgehead atoms. The van der Waals surface area contributed by atoms with E-state index in [0.29, 0.717) is 36.3 Å². The molecule has 136 valence electrons. The van der Waals surface area contributed by atoms with E-state index in [1.165, 1.54) is 0 Å². The molecule has 0 saturated carbocycles. The molecule has 1 fully saturated rings. The van der Waals surface area contributed by atoms with Crippen molar-refractivity contribution >= 4 is 33.7 Å². The minimum Gasteiger partial charge on any atom is -0.378 e. The third-order valence-corrected chi connectivity index (χ3v) is 4.31. The Morgan fingerprint density at radius 3 is 2.52 bits per heavy atom. The van der Waals surface area contributed by atoms with Gasteiger partial charge in [-0.3, -0.25) is 30.1 Å². The quantitative estimate of drug-likeness (QED) is 0.664. The number of hydrogen-bond donors (Lipinski definition) is 2. The average molecular weight is 413 g/mol. The van der Waals surface area contributed by atoms with Crippen LogP contribution in [0.25, 0.3) is 0 Å². The fourth-order valence-electron chi connectivity index (χ4n) is 2.32. The van der Waals surface area contributed by atoms with Crippen LogP contribution in [0.2, 0.25) is 0 Å². The highest BCUT2D eigenvalue weighted by atomic mass is 79.9. The molecule has 25 heavy (non-hydrogen) atoms. The maximum atomic E-state index is 12.1. The number of carbonyl (C=O) groups excluding carboxylic acids is 3. The molecule has 0 aromatic heterocycles. The van der Waals surface area contributed by atoms with Crippen LogP contribution >= 0.6 is 15.9 Å². The summed E-state index contributed by atoms with van der Waals surface area (Å²) in [5, 5.41) is 0. The highest BCUT2D eigenvalue weighted by Gasteiger charge is 2.19. The van der Waals surface area contributed by atoms with Gasteiger partial charge in [-0.1, -0.05) is 12.1 Å². The van der Waals surface area contributed by atoms with Crippen LogP contribution in [0.5, 0.6) is 0 Å². The van der Waals surface area contributed by atoms with E-state index in [2.05, 4.69) is 26.8 Å². The van der Waals surface area contributed by atoms with Crippen molar-refractivity contribution in [1.29, 1.82) is 0 Å². The van der Waals surface area contributed by atoms with E-state index in [1.807, 2.05) is 0 Å². The van der Waals surface area contributed by atoms with E-state index in [0.717, 1.165) is 0 Å². The van der Waals surface area contributed by atoms with Gasteiger partial charge < -0.3 is 9.64 Å². The number of hydrazine groups is 1. The van der Waals surface area contributed by atoms with Gasteiger partial charge in [-0.25, -0.2) is 0 Å². The Balaban J connectivity index is 1.73. The average Bonchev–Trinajstić information content (AvgIpc) is 2.60. The molecule has 1 aliphatic rings.